The lowest BCUT2D eigenvalue weighted by Crippen LogP contribution is -2.25. The summed E-state index contributed by atoms with van der Waals surface area (Å²) in [5.74, 6) is 1.14. The SMILES string of the molecule is O=C1CCCN1c1cnc(-c2ccncc2)nn1. The summed E-state index contributed by atoms with van der Waals surface area (Å²) in [5.41, 5.74) is 0.858. The van der Waals surface area contributed by atoms with E-state index >= 15 is 0 Å². The van der Waals surface area contributed by atoms with Gasteiger partial charge in [-0.15, -0.1) is 10.2 Å². The Labute approximate surface area is 104 Å². The third-order valence-electron chi connectivity index (χ3n) is 2.84. The Morgan fingerprint density at radius 2 is 2.00 bits per heavy atom. The first-order valence-corrected chi connectivity index (χ1v) is 5.75. The minimum absolute atomic E-state index is 0.0859. The molecule has 1 saturated heterocycles. The molecule has 6 heteroatoms. The van der Waals surface area contributed by atoms with E-state index in [0.29, 0.717) is 24.6 Å². The molecule has 6 nitrogen and oxygen atoms in total. The van der Waals surface area contributed by atoms with Crippen LogP contribution < -0.4 is 4.90 Å². The summed E-state index contributed by atoms with van der Waals surface area (Å²) in [6, 6.07) is 3.63. The highest BCUT2D eigenvalue weighted by atomic mass is 16.2. The van der Waals surface area contributed by atoms with Crippen LogP contribution in [0.5, 0.6) is 0 Å². The Morgan fingerprint density at radius 3 is 2.61 bits per heavy atom. The summed E-state index contributed by atoms with van der Waals surface area (Å²) in [6.07, 6.45) is 6.39. The summed E-state index contributed by atoms with van der Waals surface area (Å²) in [4.78, 5) is 21.3. The molecular weight excluding hydrogens is 230 g/mol. The molecule has 0 saturated carbocycles. The van der Waals surface area contributed by atoms with Gasteiger partial charge in [0.15, 0.2) is 11.6 Å². The average molecular weight is 241 g/mol. The van der Waals surface area contributed by atoms with Crippen molar-refractivity contribution in [3.05, 3.63) is 30.7 Å². The third kappa shape index (κ3) is 1.92. The monoisotopic (exact) mass is 241 g/mol. The fourth-order valence-electron chi connectivity index (χ4n) is 1.92. The van der Waals surface area contributed by atoms with Crippen LogP contribution in [0.25, 0.3) is 11.4 Å². The Balaban J connectivity index is 1.87. The molecule has 0 aromatic carbocycles. The van der Waals surface area contributed by atoms with Crippen molar-refractivity contribution in [1.82, 2.24) is 20.2 Å². The van der Waals surface area contributed by atoms with Gasteiger partial charge in [-0.3, -0.25) is 14.7 Å². The molecule has 0 unspecified atom stereocenters. The molecule has 0 atom stereocenters. The van der Waals surface area contributed by atoms with E-state index in [4.69, 9.17) is 0 Å². The molecule has 0 aliphatic carbocycles. The number of carbonyl (C=O) groups excluding carboxylic acids is 1. The zero-order valence-corrected chi connectivity index (χ0v) is 9.65. The molecule has 1 fully saturated rings. The van der Waals surface area contributed by atoms with Crippen molar-refractivity contribution in [1.29, 1.82) is 0 Å². The van der Waals surface area contributed by atoms with Gasteiger partial charge in [-0.2, -0.15) is 0 Å². The first-order chi connectivity index (χ1) is 8.84. The molecule has 1 aliphatic heterocycles. The Morgan fingerprint density at radius 1 is 1.17 bits per heavy atom. The van der Waals surface area contributed by atoms with Crippen LogP contribution in [-0.4, -0.2) is 32.6 Å². The predicted molar refractivity (Wildman–Crippen MR) is 64.6 cm³/mol. The van der Waals surface area contributed by atoms with Gasteiger partial charge in [-0.05, 0) is 18.6 Å². The van der Waals surface area contributed by atoms with Crippen LogP contribution in [0.4, 0.5) is 5.82 Å². The van der Waals surface area contributed by atoms with E-state index in [1.807, 2.05) is 12.1 Å². The first-order valence-electron chi connectivity index (χ1n) is 5.75. The highest BCUT2D eigenvalue weighted by molar-refractivity contribution is 5.94. The first kappa shape index (κ1) is 10.8. The molecular formula is C12H11N5O. The van der Waals surface area contributed by atoms with Crippen molar-refractivity contribution in [2.24, 2.45) is 0 Å². The van der Waals surface area contributed by atoms with Crippen molar-refractivity contribution in [2.75, 3.05) is 11.4 Å². The lowest BCUT2D eigenvalue weighted by molar-refractivity contribution is -0.117. The fraction of sp³-hybridized carbons (Fsp3) is 0.250. The molecule has 2 aromatic heterocycles. The molecule has 90 valence electrons. The van der Waals surface area contributed by atoms with Gasteiger partial charge in [0, 0.05) is 30.9 Å². The van der Waals surface area contributed by atoms with Crippen molar-refractivity contribution < 1.29 is 4.79 Å². The molecule has 1 aliphatic rings. The minimum Gasteiger partial charge on any atom is -0.294 e. The highest BCUT2D eigenvalue weighted by Crippen LogP contribution is 2.19. The summed E-state index contributed by atoms with van der Waals surface area (Å²) < 4.78 is 0. The normalized spacial score (nSPS) is 15.1. The van der Waals surface area contributed by atoms with Gasteiger partial charge in [-0.25, -0.2) is 4.98 Å². The number of carbonyl (C=O) groups is 1. The second kappa shape index (κ2) is 4.48. The van der Waals surface area contributed by atoms with Crippen molar-refractivity contribution >= 4 is 11.7 Å². The highest BCUT2D eigenvalue weighted by Gasteiger charge is 2.23. The lowest BCUT2D eigenvalue weighted by atomic mass is 10.2. The number of nitrogens with zero attached hydrogens (tertiary/aromatic N) is 5. The molecule has 0 N–H and O–H groups in total. The van der Waals surface area contributed by atoms with E-state index in [-0.39, 0.29) is 5.91 Å². The van der Waals surface area contributed by atoms with Crippen molar-refractivity contribution in [2.45, 2.75) is 12.8 Å². The summed E-state index contributed by atoms with van der Waals surface area (Å²) in [7, 11) is 0. The van der Waals surface area contributed by atoms with Crippen molar-refractivity contribution in [3.63, 3.8) is 0 Å². The number of amides is 1. The van der Waals surface area contributed by atoms with E-state index in [0.717, 1.165) is 12.0 Å². The average Bonchev–Trinajstić information content (AvgIpc) is 2.86. The van der Waals surface area contributed by atoms with E-state index in [9.17, 15) is 4.79 Å². The maximum absolute atomic E-state index is 11.6. The van der Waals surface area contributed by atoms with Crippen LogP contribution in [0.2, 0.25) is 0 Å². The predicted octanol–water partition coefficient (Wildman–Crippen LogP) is 1.06. The quantitative estimate of drug-likeness (QED) is 0.786. The smallest absolute Gasteiger partial charge is 0.228 e. The summed E-state index contributed by atoms with van der Waals surface area (Å²) in [6.45, 7) is 0.698. The molecule has 3 heterocycles. The van der Waals surface area contributed by atoms with Crippen LogP contribution >= 0.6 is 0 Å². The van der Waals surface area contributed by atoms with E-state index in [1.54, 1.807) is 23.5 Å². The molecule has 3 rings (SSSR count). The van der Waals surface area contributed by atoms with Crippen molar-refractivity contribution in [3.8, 4) is 11.4 Å². The topological polar surface area (TPSA) is 71.9 Å². The van der Waals surface area contributed by atoms with Gasteiger partial charge < -0.3 is 0 Å². The maximum Gasteiger partial charge on any atom is 0.228 e. The van der Waals surface area contributed by atoms with E-state index in [2.05, 4.69) is 20.2 Å². The van der Waals surface area contributed by atoms with Gasteiger partial charge in [0.05, 0.1) is 6.20 Å². The van der Waals surface area contributed by atoms with Crippen LogP contribution in [0.15, 0.2) is 30.7 Å². The van der Waals surface area contributed by atoms with E-state index < -0.39 is 0 Å². The Bertz CT molecular complexity index is 554. The summed E-state index contributed by atoms with van der Waals surface area (Å²) in [5, 5.41) is 8.10. The van der Waals surface area contributed by atoms with Crippen LogP contribution in [0.3, 0.4) is 0 Å². The number of pyridine rings is 1. The molecule has 0 spiro atoms. The maximum atomic E-state index is 11.6. The number of hydrogen-bond donors (Lipinski definition) is 0. The number of anilines is 1. The zero-order valence-electron chi connectivity index (χ0n) is 9.65. The van der Waals surface area contributed by atoms with Gasteiger partial charge in [0.2, 0.25) is 5.91 Å². The molecule has 18 heavy (non-hydrogen) atoms. The summed E-state index contributed by atoms with van der Waals surface area (Å²) >= 11 is 0. The van der Waals surface area contributed by atoms with Crippen LogP contribution in [0.1, 0.15) is 12.8 Å². The second-order valence-electron chi connectivity index (χ2n) is 4.02. The number of hydrogen-bond acceptors (Lipinski definition) is 5. The van der Waals surface area contributed by atoms with E-state index in [1.165, 1.54) is 0 Å². The second-order valence-corrected chi connectivity index (χ2v) is 4.02. The van der Waals surface area contributed by atoms with Gasteiger partial charge in [0.25, 0.3) is 0 Å². The Hall–Kier alpha value is -2.37. The Kier molecular flexibility index (Phi) is 2.68. The number of aromatic nitrogens is 4. The standard InChI is InChI=1S/C12H11N5O/c18-11-2-1-7-17(11)10-8-14-12(16-15-10)9-3-5-13-6-4-9/h3-6,8H,1-2,7H2. The van der Waals surface area contributed by atoms with Gasteiger partial charge in [-0.1, -0.05) is 0 Å². The van der Waals surface area contributed by atoms with Gasteiger partial charge >= 0.3 is 0 Å². The molecule has 0 radical (unpaired) electrons. The zero-order chi connectivity index (χ0) is 12.4. The van der Waals surface area contributed by atoms with Gasteiger partial charge in [0.1, 0.15) is 0 Å². The number of rotatable bonds is 2. The largest absolute Gasteiger partial charge is 0.294 e. The van der Waals surface area contributed by atoms with Crippen LogP contribution in [-0.2, 0) is 4.79 Å². The van der Waals surface area contributed by atoms with Crippen LogP contribution in [0, 0.1) is 0 Å². The third-order valence-corrected chi connectivity index (χ3v) is 2.84. The molecule has 0 bridgehead atoms. The minimum atomic E-state index is 0.0859. The molecule has 2 aromatic rings. The lowest BCUT2D eigenvalue weighted by Gasteiger charge is -2.12. The fourth-order valence-corrected chi connectivity index (χ4v) is 1.92. The molecule has 1 amide bonds.